The summed E-state index contributed by atoms with van der Waals surface area (Å²) in [7, 11) is 0. The lowest BCUT2D eigenvalue weighted by Gasteiger charge is -2.00. The van der Waals surface area contributed by atoms with Gasteiger partial charge >= 0.3 is 0 Å². The third-order valence-corrected chi connectivity index (χ3v) is 4.81. The molecule has 0 spiro atoms. The summed E-state index contributed by atoms with van der Waals surface area (Å²) in [5, 5.41) is 15.1. The fourth-order valence-corrected chi connectivity index (χ4v) is 3.41. The minimum atomic E-state index is 0.642. The van der Waals surface area contributed by atoms with Crippen molar-refractivity contribution in [1.82, 2.24) is 49.9 Å². The van der Waals surface area contributed by atoms with E-state index in [0.717, 1.165) is 33.2 Å². The normalized spacial score (nSPS) is 11.6. The van der Waals surface area contributed by atoms with Crippen LogP contribution in [0.5, 0.6) is 0 Å². The van der Waals surface area contributed by atoms with Crippen molar-refractivity contribution in [2.24, 2.45) is 0 Å². The molecule has 6 aromatic rings. The smallest absolute Gasteiger partial charge is 0.166 e. The van der Waals surface area contributed by atoms with Gasteiger partial charge in [0.25, 0.3) is 0 Å². The first-order valence-electron chi connectivity index (χ1n) is 8.95. The number of H-pyrrole nitrogens is 3. The average Bonchev–Trinajstić information content (AvgIpc) is 3.51. The molecule has 6 aromatic heterocycles. The fraction of sp³-hybridized carbons (Fsp3) is 0.0526. The van der Waals surface area contributed by atoms with Gasteiger partial charge in [0.1, 0.15) is 17.5 Å². The number of aromatic amines is 3. The zero-order valence-corrected chi connectivity index (χ0v) is 15.2. The molecule has 0 aliphatic rings. The van der Waals surface area contributed by atoms with E-state index in [0.29, 0.717) is 23.0 Å². The average molecular weight is 382 g/mol. The van der Waals surface area contributed by atoms with Crippen molar-refractivity contribution >= 4 is 22.1 Å². The summed E-state index contributed by atoms with van der Waals surface area (Å²) in [6.07, 6.45) is 10.8. The third-order valence-electron chi connectivity index (χ3n) is 4.81. The zero-order chi connectivity index (χ0) is 19.4. The molecule has 0 saturated carbocycles. The Bertz CT molecular complexity index is 1470. The quantitative estimate of drug-likeness (QED) is 0.431. The number of hydrogen-bond donors (Lipinski definition) is 3. The van der Waals surface area contributed by atoms with Gasteiger partial charge in [-0.2, -0.15) is 10.2 Å². The monoisotopic (exact) mass is 382 g/mol. The highest BCUT2D eigenvalue weighted by Crippen LogP contribution is 2.29. The molecular weight excluding hydrogens is 368 g/mol. The summed E-state index contributed by atoms with van der Waals surface area (Å²) >= 11 is 0. The molecule has 0 radical (unpaired) electrons. The molecule has 0 fully saturated rings. The molecule has 10 nitrogen and oxygen atoms in total. The van der Waals surface area contributed by atoms with Crippen LogP contribution in [0.3, 0.4) is 0 Å². The van der Waals surface area contributed by atoms with Crippen LogP contribution in [-0.4, -0.2) is 49.9 Å². The molecular formula is C19H14N10. The Morgan fingerprint density at radius 2 is 2.03 bits per heavy atom. The molecule has 6 rings (SSSR count). The number of hydrogen-bond acceptors (Lipinski definition) is 6. The summed E-state index contributed by atoms with van der Waals surface area (Å²) in [6, 6.07) is 3.92. The summed E-state index contributed by atoms with van der Waals surface area (Å²) in [5.41, 5.74) is 5.81. The van der Waals surface area contributed by atoms with Gasteiger partial charge in [0, 0.05) is 35.9 Å². The van der Waals surface area contributed by atoms with E-state index in [2.05, 4.69) is 40.3 Å². The van der Waals surface area contributed by atoms with Crippen LogP contribution in [0.1, 0.15) is 5.69 Å². The molecule has 0 aliphatic carbocycles. The van der Waals surface area contributed by atoms with E-state index >= 15 is 0 Å². The standard InChI is InChI=1S/C19H14N10/c1-10-8-29(9-22-10)19-16-14(2-3-20-19)25-18(26-16)15-13-4-11(12-6-23-24-7-12)5-21-17(13)28-27-15/h2-9H,1H3,(H,23,24)(H,25,26)(H,21,27,28). The highest BCUT2D eigenvalue weighted by Gasteiger charge is 2.17. The number of nitrogens with one attached hydrogen (secondary N) is 3. The van der Waals surface area contributed by atoms with Crippen LogP contribution in [0, 0.1) is 6.92 Å². The van der Waals surface area contributed by atoms with Crippen molar-refractivity contribution < 1.29 is 0 Å². The molecule has 0 atom stereocenters. The molecule has 0 bridgehead atoms. The van der Waals surface area contributed by atoms with Crippen LogP contribution in [0.4, 0.5) is 0 Å². The summed E-state index contributed by atoms with van der Waals surface area (Å²) in [4.78, 5) is 21.4. The van der Waals surface area contributed by atoms with Gasteiger partial charge in [0.2, 0.25) is 0 Å². The van der Waals surface area contributed by atoms with Crippen LogP contribution >= 0.6 is 0 Å². The van der Waals surface area contributed by atoms with Gasteiger partial charge in [-0.3, -0.25) is 14.8 Å². The Morgan fingerprint density at radius 3 is 2.86 bits per heavy atom. The predicted molar refractivity (Wildman–Crippen MR) is 106 cm³/mol. The number of fused-ring (bicyclic) bond motifs is 2. The Morgan fingerprint density at radius 1 is 1.07 bits per heavy atom. The first-order valence-corrected chi connectivity index (χ1v) is 8.95. The van der Waals surface area contributed by atoms with Crippen LogP contribution < -0.4 is 0 Å². The fourth-order valence-electron chi connectivity index (χ4n) is 3.41. The topological polar surface area (TPSA) is 130 Å². The summed E-state index contributed by atoms with van der Waals surface area (Å²) < 4.78 is 1.86. The number of imidazole rings is 2. The predicted octanol–water partition coefficient (Wildman–Crippen LogP) is 2.78. The van der Waals surface area contributed by atoms with Gasteiger partial charge in [-0.1, -0.05) is 0 Å². The minimum Gasteiger partial charge on any atom is -0.336 e. The third kappa shape index (κ3) is 2.42. The van der Waals surface area contributed by atoms with Crippen LogP contribution in [-0.2, 0) is 0 Å². The highest BCUT2D eigenvalue weighted by molar-refractivity contribution is 5.94. The van der Waals surface area contributed by atoms with Crippen molar-refractivity contribution in [3.63, 3.8) is 0 Å². The van der Waals surface area contributed by atoms with Crippen molar-refractivity contribution in [2.75, 3.05) is 0 Å². The van der Waals surface area contributed by atoms with Gasteiger partial charge in [0.05, 0.1) is 22.8 Å². The largest absolute Gasteiger partial charge is 0.336 e. The molecule has 140 valence electrons. The molecule has 0 aliphatic heterocycles. The number of nitrogens with zero attached hydrogens (tertiary/aromatic N) is 7. The zero-order valence-electron chi connectivity index (χ0n) is 15.2. The van der Waals surface area contributed by atoms with Crippen LogP contribution in [0.25, 0.3) is 50.5 Å². The van der Waals surface area contributed by atoms with Crippen molar-refractivity contribution in [1.29, 1.82) is 0 Å². The van der Waals surface area contributed by atoms with Crippen LogP contribution in [0.15, 0.2) is 49.4 Å². The van der Waals surface area contributed by atoms with E-state index in [-0.39, 0.29) is 0 Å². The molecule has 0 amide bonds. The Kier molecular flexibility index (Phi) is 3.15. The lowest BCUT2D eigenvalue weighted by molar-refractivity contribution is 1.00. The molecule has 6 heterocycles. The van der Waals surface area contributed by atoms with Gasteiger partial charge in [-0.25, -0.2) is 19.9 Å². The number of aryl methyl sites for hydroxylation is 1. The van der Waals surface area contributed by atoms with Gasteiger partial charge in [0.15, 0.2) is 17.3 Å². The van der Waals surface area contributed by atoms with Gasteiger partial charge in [-0.05, 0) is 19.1 Å². The Hall–Kier alpha value is -4.34. The first-order chi connectivity index (χ1) is 14.3. The first kappa shape index (κ1) is 15.7. The van der Waals surface area contributed by atoms with Crippen molar-refractivity contribution in [3.05, 3.63) is 55.1 Å². The number of aromatic nitrogens is 10. The maximum absolute atomic E-state index is 4.79. The lowest BCUT2D eigenvalue weighted by Crippen LogP contribution is -1.95. The maximum atomic E-state index is 4.79. The molecule has 0 aromatic carbocycles. The molecule has 29 heavy (non-hydrogen) atoms. The Labute approximate surface area is 163 Å². The second kappa shape index (κ2) is 5.83. The SMILES string of the molecule is Cc1cn(-c2nccc3[nH]c(-c4n[nH]c5ncc(-c6cn[nH]c6)cc45)nc23)cn1. The van der Waals surface area contributed by atoms with E-state index in [4.69, 9.17) is 4.98 Å². The second-order valence-electron chi connectivity index (χ2n) is 6.72. The lowest BCUT2D eigenvalue weighted by atomic mass is 10.1. The maximum Gasteiger partial charge on any atom is 0.166 e. The van der Waals surface area contributed by atoms with Crippen molar-refractivity contribution in [3.8, 4) is 28.5 Å². The highest BCUT2D eigenvalue weighted by atomic mass is 15.2. The Balaban J connectivity index is 1.53. The van der Waals surface area contributed by atoms with E-state index < -0.39 is 0 Å². The number of pyridine rings is 2. The number of rotatable bonds is 3. The van der Waals surface area contributed by atoms with Gasteiger partial charge < -0.3 is 4.98 Å². The van der Waals surface area contributed by atoms with E-state index in [1.165, 1.54) is 0 Å². The molecule has 0 saturated heterocycles. The summed E-state index contributed by atoms with van der Waals surface area (Å²) in [5.74, 6) is 1.35. The van der Waals surface area contributed by atoms with E-state index in [9.17, 15) is 0 Å². The molecule has 3 N–H and O–H groups in total. The van der Waals surface area contributed by atoms with Gasteiger partial charge in [-0.15, -0.1) is 0 Å². The second-order valence-corrected chi connectivity index (χ2v) is 6.72. The van der Waals surface area contributed by atoms with E-state index in [1.54, 1.807) is 24.9 Å². The van der Waals surface area contributed by atoms with Crippen molar-refractivity contribution in [2.45, 2.75) is 6.92 Å². The van der Waals surface area contributed by atoms with E-state index in [1.807, 2.05) is 36.0 Å². The summed E-state index contributed by atoms with van der Waals surface area (Å²) in [6.45, 7) is 1.94. The molecule has 0 unspecified atom stereocenters. The van der Waals surface area contributed by atoms with Crippen LogP contribution in [0.2, 0.25) is 0 Å². The minimum absolute atomic E-state index is 0.642. The molecule has 10 heteroatoms.